The van der Waals surface area contributed by atoms with E-state index in [-0.39, 0.29) is 17.9 Å². The third-order valence-corrected chi connectivity index (χ3v) is 4.91. The van der Waals surface area contributed by atoms with Gasteiger partial charge in [0.25, 0.3) is 0 Å². The summed E-state index contributed by atoms with van der Waals surface area (Å²) in [7, 11) is 0. The van der Waals surface area contributed by atoms with Crippen molar-refractivity contribution < 1.29 is 14.3 Å². The van der Waals surface area contributed by atoms with Gasteiger partial charge in [0.2, 0.25) is 5.91 Å². The van der Waals surface area contributed by atoms with Crippen LogP contribution in [0.2, 0.25) is 0 Å². The maximum absolute atomic E-state index is 12.2. The summed E-state index contributed by atoms with van der Waals surface area (Å²) in [6, 6.07) is 8.66. The van der Waals surface area contributed by atoms with Crippen molar-refractivity contribution in [3.63, 3.8) is 0 Å². The minimum Gasteiger partial charge on any atom is -0.448 e. The number of cyclic esters (lactones) is 1. The third-order valence-electron chi connectivity index (χ3n) is 4.91. The molecule has 2 amide bonds. The first-order valence-electron chi connectivity index (χ1n) is 8.85. The van der Waals surface area contributed by atoms with E-state index < -0.39 is 0 Å². The average Bonchev–Trinajstić information content (AvgIpc) is 3.28. The lowest BCUT2D eigenvalue weighted by Crippen LogP contribution is -2.31. The standard InChI is InChI=1S/C19H26N2O3/c1-13(2)14-4-6-15(7-5-14)16-12-17(16)18(22)20-8-3-9-21-10-11-24-19(21)23/h4-7,13,16-17H,3,8-12H2,1-2H3,(H,20,22)/t16-,17-/m1/s1. The van der Waals surface area contributed by atoms with Crippen LogP contribution in [0.3, 0.4) is 0 Å². The van der Waals surface area contributed by atoms with Gasteiger partial charge in [0.15, 0.2) is 0 Å². The van der Waals surface area contributed by atoms with Gasteiger partial charge in [0.1, 0.15) is 6.61 Å². The van der Waals surface area contributed by atoms with Crippen molar-refractivity contribution in [1.82, 2.24) is 10.2 Å². The lowest BCUT2D eigenvalue weighted by Gasteiger charge is -2.12. The Morgan fingerprint density at radius 3 is 2.71 bits per heavy atom. The van der Waals surface area contributed by atoms with E-state index in [1.807, 2.05) is 0 Å². The van der Waals surface area contributed by atoms with Crippen LogP contribution in [0.1, 0.15) is 49.7 Å². The number of amides is 2. The van der Waals surface area contributed by atoms with E-state index in [2.05, 4.69) is 43.4 Å². The first-order valence-corrected chi connectivity index (χ1v) is 8.85. The molecule has 1 aromatic carbocycles. The van der Waals surface area contributed by atoms with Crippen LogP contribution in [0.4, 0.5) is 4.79 Å². The van der Waals surface area contributed by atoms with E-state index in [1.54, 1.807) is 4.90 Å². The van der Waals surface area contributed by atoms with Gasteiger partial charge in [-0.05, 0) is 35.8 Å². The Morgan fingerprint density at radius 1 is 1.33 bits per heavy atom. The van der Waals surface area contributed by atoms with Gasteiger partial charge in [0.05, 0.1) is 6.54 Å². The first-order chi connectivity index (χ1) is 11.6. The van der Waals surface area contributed by atoms with Crippen LogP contribution in [-0.4, -0.2) is 43.1 Å². The normalized spacial score (nSPS) is 22.6. The highest BCUT2D eigenvalue weighted by atomic mass is 16.6. The third kappa shape index (κ3) is 3.89. The van der Waals surface area contributed by atoms with Gasteiger partial charge in [-0.1, -0.05) is 38.1 Å². The molecule has 24 heavy (non-hydrogen) atoms. The van der Waals surface area contributed by atoms with Gasteiger partial charge in [0, 0.05) is 19.0 Å². The molecule has 2 fully saturated rings. The zero-order valence-corrected chi connectivity index (χ0v) is 14.5. The summed E-state index contributed by atoms with van der Waals surface area (Å²) < 4.78 is 4.88. The Bertz CT molecular complexity index is 597. The van der Waals surface area contributed by atoms with E-state index in [0.717, 1.165) is 12.8 Å². The van der Waals surface area contributed by atoms with Gasteiger partial charge in [-0.25, -0.2) is 4.79 Å². The summed E-state index contributed by atoms with van der Waals surface area (Å²) >= 11 is 0. The highest BCUT2D eigenvalue weighted by molar-refractivity contribution is 5.82. The molecule has 130 valence electrons. The number of hydrogen-bond donors (Lipinski definition) is 1. The monoisotopic (exact) mass is 330 g/mol. The Morgan fingerprint density at radius 2 is 2.08 bits per heavy atom. The fourth-order valence-electron chi connectivity index (χ4n) is 3.22. The summed E-state index contributed by atoms with van der Waals surface area (Å²) in [5.74, 6) is 1.13. The van der Waals surface area contributed by atoms with Crippen LogP contribution in [0.25, 0.3) is 0 Å². The van der Waals surface area contributed by atoms with Crippen LogP contribution >= 0.6 is 0 Å². The molecule has 5 heteroatoms. The molecular weight excluding hydrogens is 304 g/mol. The first kappa shape index (κ1) is 16.8. The number of nitrogens with one attached hydrogen (secondary N) is 1. The molecule has 2 atom stereocenters. The molecule has 0 spiro atoms. The fraction of sp³-hybridized carbons (Fsp3) is 0.579. The number of ether oxygens (including phenoxy) is 1. The number of nitrogens with zero attached hydrogens (tertiary/aromatic N) is 1. The Balaban J connectivity index is 1.38. The highest BCUT2D eigenvalue weighted by Gasteiger charge is 2.43. The van der Waals surface area contributed by atoms with Crippen molar-refractivity contribution in [1.29, 1.82) is 0 Å². The van der Waals surface area contributed by atoms with Crippen molar-refractivity contribution in [2.45, 2.75) is 38.5 Å². The van der Waals surface area contributed by atoms with Crippen LogP contribution < -0.4 is 5.32 Å². The second-order valence-electron chi connectivity index (χ2n) is 7.02. The van der Waals surface area contributed by atoms with Crippen molar-refractivity contribution in [2.24, 2.45) is 5.92 Å². The van der Waals surface area contributed by atoms with E-state index in [1.165, 1.54) is 11.1 Å². The van der Waals surface area contributed by atoms with E-state index in [0.29, 0.717) is 38.1 Å². The van der Waals surface area contributed by atoms with Crippen molar-refractivity contribution in [2.75, 3.05) is 26.2 Å². The summed E-state index contributed by atoms with van der Waals surface area (Å²) in [5, 5.41) is 3.00. The van der Waals surface area contributed by atoms with Gasteiger partial charge in [-0.3, -0.25) is 4.79 Å². The molecule has 0 bridgehead atoms. The Labute approximate surface area is 143 Å². The van der Waals surface area contributed by atoms with Crippen molar-refractivity contribution >= 4 is 12.0 Å². The molecule has 1 saturated carbocycles. The average molecular weight is 330 g/mol. The molecule has 1 aliphatic carbocycles. The number of benzene rings is 1. The minimum absolute atomic E-state index is 0.103. The SMILES string of the molecule is CC(C)c1ccc([C@H]2C[C@H]2C(=O)NCCCN2CCOC2=O)cc1. The summed E-state index contributed by atoms with van der Waals surface area (Å²) in [5.41, 5.74) is 2.60. The lowest BCUT2D eigenvalue weighted by molar-refractivity contribution is -0.122. The van der Waals surface area contributed by atoms with Gasteiger partial charge in [-0.2, -0.15) is 0 Å². The molecule has 1 aliphatic heterocycles. The molecule has 0 aromatic heterocycles. The molecule has 1 heterocycles. The second-order valence-corrected chi connectivity index (χ2v) is 7.02. The molecule has 2 aliphatic rings. The molecule has 0 unspecified atom stereocenters. The molecule has 3 rings (SSSR count). The lowest BCUT2D eigenvalue weighted by atomic mass is 10.00. The number of carbonyl (C=O) groups excluding carboxylic acids is 2. The predicted octanol–water partition coefficient (Wildman–Crippen LogP) is 2.87. The van der Waals surface area contributed by atoms with Crippen molar-refractivity contribution in [3.8, 4) is 0 Å². The quantitative estimate of drug-likeness (QED) is 0.782. The molecule has 1 aromatic rings. The molecule has 5 nitrogen and oxygen atoms in total. The summed E-state index contributed by atoms with van der Waals surface area (Å²) in [6.45, 7) is 6.75. The minimum atomic E-state index is -0.242. The maximum atomic E-state index is 12.2. The molecule has 1 saturated heterocycles. The van der Waals surface area contributed by atoms with Crippen LogP contribution in [0, 0.1) is 5.92 Å². The molecule has 0 radical (unpaired) electrons. The van der Waals surface area contributed by atoms with Crippen molar-refractivity contribution in [3.05, 3.63) is 35.4 Å². The Kier molecular flexibility index (Phi) is 5.07. The largest absolute Gasteiger partial charge is 0.448 e. The van der Waals surface area contributed by atoms with E-state index >= 15 is 0 Å². The van der Waals surface area contributed by atoms with Gasteiger partial charge < -0.3 is 15.0 Å². The fourth-order valence-corrected chi connectivity index (χ4v) is 3.22. The van der Waals surface area contributed by atoms with Crippen LogP contribution in [-0.2, 0) is 9.53 Å². The summed E-state index contributed by atoms with van der Waals surface area (Å²) in [6.07, 6.45) is 1.46. The van der Waals surface area contributed by atoms with E-state index in [9.17, 15) is 9.59 Å². The van der Waals surface area contributed by atoms with E-state index in [4.69, 9.17) is 4.74 Å². The van der Waals surface area contributed by atoms with Crippen LogP contribution in [0.15, 0.2) is 24.3 Å². The van der Waals surface area contributed by atoms with Gasteiger partial charge in [-0.15, -0.1) is 0 Å². The second kappa shape index (κ2) is 7.24. The number of hydrogen-bond acceptors (Lipinski definition) is 3. The maximum Gasteiger partial charge on any atom is 0.409 e. The zero-order chi connectivity index (χ0) is 17.1. The number of carbonyl (C=O) groups is 2. The smallest absolute Gasteiger partial charge is 0.409 e. The Hall–Kier alpha value is -2.04. The molecular formula is C19H26N2O3. The number of rotatable bonds is 7. The van der Waals surface area contributed by atoms with Gasteiger partial charge >= 0.3 is 6.09 Å². The zero-order valence-electron chi connectivity index (χ0n) is 14.5. The molecule has 1 N–H and O–H groups in total. The van der Waals surface area contributed by atoms with Crippen LogP contribution in [0.5, 0.6) is 0 Å². The summed E-state index contributed by atoms with van der Waals surface area (Å²) in [4.78, 5) is 25.2. The predicted molar refractivity (Wildman–Crippen MR) is 91.9 cm³/mol. The topological polar surface area (TPSA) is 58.6 Å². The highest BCUT2D eigenvalue weighted by Crippen LogP contribution is 2.47.